The molecule has 1 N–H and O–H groups in total. The summed E-state index contributed by atoms with van der Waals surface area (Å²) in [6.45, 7) is 4.43. The van der Waals surface area contributed by atoms with Gasteiger partial charge < -0.3 is 5.32 Å². The van der Waals surface area contributed by atoms with Crippen LogP contribution < -0.4 is 5.32 Å². The minimum absolute atomic E-state index is 0.534. The Hall–Kier alpha value is -1.90. The summed E-state index contributed by atoms with van der Waals surface area (Å²) in [5.74, 6) is 1.62. The Balaban J connectivity index is 1.65. The van der Waals surface area contributed by atoms with Crippen molar-refractivity contribution < 1.29 is 0 Å². The summed E-state index contributed by atoms with van der Waals surface area (Å²) in [5.41, 5.74) is 3.50. The second kappa shape index (κ2) is 6.25. The van der Waals surface area contributed by atoms with Gasteiger partial charge in [-0.05, 0) is 44.1 Å². The first kappa shape index (κ1) is 14.1. The number of aryl methyl sites for hydroxylation is 1. The van der Waals surface area contributed by atoms with E-state index in [4.69, 9.17) is 0 Å². The fourth-order valence-electron chi connectivity index (χ4n) is 2.88. The van der Waals surface area contributed by atoms with Crippen molar-refractivity contribution in [2.75, 3.05) is 5.32 Å². The van der Waals surface area contributed by atoms with Crippen molar-refractivity contribution in [3.05, 3.63) is 42.2 Å². The molecule has 110 valence electrons. The van der Waals surface area contributed by atoms with Crippen LogP contribution in [0.15, 0.2) is 36.7 Å². The molecule has 1 aromatic carbocycles. The number of rotatable bonds is 3. The Morgan fingerprint density at radius 1 is 0.905 bits per heavy atom. The molecule has 0 aliphatic heterocycles. The van der Waals surface area contributed by atoms with Crippen molar-refractivity contribution in [1.29, 1.82) is 0 Å². The Labute approximate surface area is 126 Å². The molecular weight excluding hydrogens is 258 g/mol. The highest BCUT2D eigenvalue weighted by Gasteiger charge is 2.18. The molecule has 0 amide bonds. The van der Waals surface area contributed by atoms with Crippen molar-refractivity contribution in [3.8, 4) is 11.1 Å². The van der Waals surface area contributed by atoms with E-state index >= 15 is 0 Å². The first-order valence-electron chi connectivity index (χ1n) is 7.86. The van der Waals surface area contributed by atoms with Crippen LogP contribution in [0.4, 0.5) is 5.95 Å². The van der Waals surface area contributed by atoms with Gasteiger partial charge in [-0.15, -0.1) is 0 Å². The Kier molecular flexibility index (Phi) is 4.18. The topological polar surface area (TPSA) is 37.8 Å². The molecule has 3 nitrogen and oxygen atoms in total. The standard InChI is InChI=1S/C18H23N3/c1-13-3-7-15(8-4-13)16-11-19-18(20-12-16)21-17-9-5-14(2)6-10-17/h3-4,7-8,11-12,14,17H,5-6,9-10H2,1-2H3,(H,19,20,21)/t14-,17+. The zero-order valence-corrected chi connectivity index (χ0v) is 12.8. The fourth-order valence-corrected chi connectivity index (χ4v) is 2.88. The van der Waals surface area contributed by atoms with Crippen LogP contribution >= 0.6 is 0 Å². The lowest BCUT2D eigenvalue weighted by Gasteiger charge is -2.26. The number of hydrogen-bond donors (Lipinski definition) is 1. The largest absolute Gasteiger partial charge is 0.351 e. The van der Waals surface area contributed by atoms with E-state index in [2.05, 4.69) is 53.4 Å². The van der Waals surface area contributed by atoms with Crippen LogP contribution in [0.3, 0.4) is 0 Å². The van der Waals surface area contributed by atoms with Crippen molar-refractivity contribution in [2.45, 2.75) is 45.6 Å². The summed E-state index contributed by atoms with van der Waals surface area (Å²) < 4.78 is 0. The molecule has 0 atom stereocenters. The third-order valence-corrected chi connectivity index (χ3v) is 4.39. The number of nitrogens with zero attached hydrogens (tertiary/aromatic N) is 2. The van der Waals surface area contributed by atoms with E-state index in [1.165, 1.54) is 36.8 Å². The molecule has 3 rings (SSSR count). The number of hydrogen-bond acceptors (Lipinski definition) is 3. The minimum Gasteiger partial charge on any atom is -0.351 e. The molecule has 1 fully saturated rings. The lowest BCUT2D eigenvalue weighted by Crippen LogP contribution is -2.26. The molecule has 1 aliphatic carbocycles. The fraction of sp³-hybridized carbons (Fsp3) is 0.444. The first-order chi connectivity index (χ1) is 10.2. The molecule has 1 aromatic heterocycles. The smallest absolute Gasteiger partial charge is 0.222 e. The first-order valence-corrected chi connectivity index (χ1v) is 7.86. The van der Waals surface area contributed by atoms with Crippen molar-refractivity contribution in [1.82, 2.24) is 9.97 Å². The second-order valence-corrected chi connectivity index (χ2v) is 6.26. The molecule has 1 saturated carbocycles. The summed E-state index contributed by atoms with van der Waals surface area (Å²) in [5, 5.41) is 3.47. The van der Waals surface area contributed by atoms with Gasteiger partial charge in [-0.3, -0.25) is 0 Å². The minimum atomic E-state index is 0.534. The predicted molar refractivity (Wildman–Crippen MR) is 87.2 cm³/mol. The summed E-state index contributed by atoms with van der Waals surface area (Å²) in [4.78, 5) is 8.94. The van der Waals surface area contributed by atoms with E-state index in [-0.39, 0.29) is 0 Å². The molecule has 0 unspecified atom stereocenters. The maximum absolute atomic E-state index is 4.47. The average Bonchev–Trinajstić information content (AvgIpc) is 2.51. The maximum atomic E-state index is 4.47. The van der Waals surface area contributed by atoms with Gasteiger partial charge in [0.05, 0.1) is 0 Å². The molecule has 1 aliphatic rings. The normalized spacial score (nSPS) is 22.0. The highest BCUT2D eigenvalue weighted by atomic mass is 15.1. The Morgan fingerprint density at radius 2 is 1.52 bits per heavy atom. The SMILES string of the molecule is Cc1ccc(-c2cnc(N[C@H]3CC[C@@H](C)CC3)nc2)cc1. The lowest BCUT2D eigenvalue weighted by atomic mass is 9.87. The Morgan fingerprint density at radius 3 is 2.14 bits per heavy atom. The Bertz CT molecular complexity index is 566. The van der Waals surface area contributed by atoms with Crippen LogP contribution in [0, 0.1) is 12.8 Å². The van der Waals surface area contributed by atoms with Gasteiger partial charge in [0.15, 0.2) is 0 Å². The van der Waals surface area contributed by atoms with Crippen molar-refractivity contribution >= 4 is 5.95 Å². The summed E-state index contributed by atoms with van der Waals surface area (Å²) in [7, 11) is 0. The maximum Gasteiger partial charge on any atom is 0.222 e. The van der Waals surface area contributed by atoms with Gasteiger partial charge in [-0.2, -0.15) is 0 Å². The van der Waals surface area contributed by atoms with E-state index in [0.717, 1.165) is 17.4 Å². The third-order valence-electron chi connectivity index (χ3n) is 4.39. The predicted octanol–water partition coefficient (Wildman–Crippen LogP) is 4.44. The zero-order chi connectivity index (χ0) is 14.7. The highest BCUT2D eigenvalue weighted by molar-refractivity contribution is 5.62. The van der Waals surface area contributed by atoms with E-state index < -0.39 is 0 Å². The van der Waals surface area contributed by atoms with Gasteiger partial charge >= 0.3 is 0 Å². The van der Waals surface area contributed by atoms with Crippen LogP contribution in [-0.4, -0.2) is 16.0 Å². The van der Waals surface area contributed by atoms with E-state index in [0.29, 0.717) is 6.04 Å². The molecule has 2 aromatic rings. The van der Waals surface area contributed by atoms with Crippen LogP contribution in [0.1, 0.15) is 38.2 Å². The second-order valence-electron chi connectivity index (χ2n) is 6.26. The van der Waals surface area contributed by atoms with E-state index in [1.807, 2.05) is 12.4 Å². The van der Waals surface area contributed by atoms with Gasteiger partial charge in [0, 0.05) is 24.0 Å². The number of aromatic nitrogens is 2. The number of nitrogens with one attached hydrogen (secondary N) is 1. The average molecular weight is 281 g/mol. The number of anilines is 1. The summed E-state index contributed by atoms with van der Waals surface area (Å²) in [6, 6.07) is 8.99. The van der Waals surface area contributed by atoms with Gasteiger partial charge in [0.2, 0.25) is 5.95 Å². The molecule has 21 heavy (non-hydrogen) atoms. The molecular formula is C18H23N3. The van der Waals surface area contributed by atoms with Crippen molar-refractivity contribution in [2.24, 2.45) is 5.92 Å². The van der Waals surface area contributed by atoms with E-state index in [9.17, 15) is 0 Å². The highest BCUT2D eigenvalue weighted by Crippen LogP contribution is 2.25. The number of benzene rings is 1. The summed E-state index contributed by atoms with van der Waals surface area (Å²) in [6.07, 6.45) is 8.88. The molecule has 0 saturated heterocycles. The summed E-state index contributed by atoms with van der Waals surface area (Å²) >= 11 is 0. The third kappa shape index (κ3) is 3.60. The zero-order valence-electron chi connectivity index (χ0n) is 12.8. The van der Waals surface area contributed by atoms with Gasteiger partial charge in [-0.1, -0.05) is 36.8 Å². The quantitative estimate of drug-likeness (QED) is 0.903. The van der Waals surface area contributed by atoms with Gasteiger partial charge in [0.1, 0.15) is 0 Å². The molecule has 1 heterocycles. The van der Waals surface area contributed by atoms with Gasteiger partial charge in [0.25, 0.3) is 0 Å². The van der Waals surface area contributed by atoms with Gasteiger partial charge in [-0.25, -0.2) is 9.97 Å². The van der Waals surface area contributed by atoms with Crippen LogP contribution in [-0.2, 0) is 0 Å². The van der Waals surface area contributed by atoms with Crippen LogP contribution in [0.5, 0.6) is 0 Å². The molecule has 3 heteroatoms. The molecule has 0 spiro atoms. The van der Waals surface area contributed by atoms with Crippen molar-refractivity contribution in [3.63, 3.8) is 0 Å². The molecule has 0 radical (unpaired) electrons. The van der Waals surface area contributed by atoms with Crippen LogP contribution in [0.25, 0.3) is 11.1 Å². The lowest BCUT2D eigenvalue weighted by molar-refractivity contribution is 0.360. The van der Waals surface area contributed by atoms with E-state index in [1.54, 1.807) is 0 Å². The molecule has 0 bridgehead atoms. The van der Waals surface area contributed by atoms with Crippen LogP contribution in [0.2, 0.25) is 0 Å². The monoisotopic (exact) mass is 281 g/mol.